The molecule has 0 aliphatic heterocycles. The molecule has 1 amide bonds. The number of carbonyl (C=O) groups excluding carboxylic acids is 1. The summed E-state index contributed by atoms with van der Waals surface area (Å²) in [5.41, 5.74) is 7.97. The topological polar surface area (TPSA) is 128 Å². The van der Waals surface area contributed by atoms with E-state index in [1.54, 1.807) is 30.3 Å². The predicted octanol–water partition coefficient (Wildman–Crippen LogP) is 3.63. The fourth-order valence-corrected chi connectivity index (χ4v) is 5.09. The zero-order valence-electron chi connectivity index (χ0n) is 19.1. The first-order valence-electron chi connectivity index (χ1n) is 10.8. The van der Waals surface area contributed by atoms with E-state index in [4.69, 9.17) is 10.5 Å². The SMILES string of the molecule is Cc1ccc(S(=O)(=O)n2ccc3c(N[C@H]4C[C@H](NC(=O)OC(C)(C)C)C4)c(N)cnc32)cc1. The van der Waals surface area contributed by atoms with E-state index < -0.39 is 21.7 Å². The van der Waals surface area contributed by atoms with Crippen molar-refractivity contribution in [2.75, 3.05) is 11.1 Å². The minimum absolute atomic E-state index is 0.00224. The highest BCUT2D eigenvalue weighted by atomic mass is 32.2. The molecule has 4 N–H and O–H groups in total. The van der Waals surface area contributed by atoms with Gasteiger partial charge in [0.05, 0.1) is 22.5 Å². The molecule has 0 radical (unpaired) electrons. The number of carbonyl (C=O) groups is 1. The molecule has 4 rings (SSSR count). The maximum atomic E-state index is 13.2. The molecule has 2 aromatic heterocycles. The standard InChI is InChI=1S/C23H29N5O4S/c1-14-5-7-17(8-6-14)33(30,31)28-10-9-18-20(19(24)13-25-21(18)28)26-15-11-16(12-15)27-22(29)32-23(2,3)4/h5-10,13,15-16H,11-12,24H2,1-4H3,(H,25,26)(H,27,29)/t15-,16-. The molecule has 0 atom stereocenters. The molecule has 10 heteroatoms. The van der Waals surface area contributed by atoms with Gasteiger partial charge in [0, 0.05) is 23.7 Å². The van der Waals surface area contributed by atoms with Crippen LogP contribution in [0.2, 0.25) is 0 Å². The third-order valence-corrected chi connectivity index (χ3v) is 7.18. The summed E-state index contributed by atoms with van der Waals surface area (Å²) in [5.74, 6) is 0. The van der Waals surface area contributed by atoms with Crippen LogP contribution in [0.4, 0.5) is 16.2 Å². The van der Waals surface area contributed by atoms with Gasteiger partial charge in [-0.2, -0.15) is 0 Å². The lowest BCUT2D eigenvalue weighted by Crippen LogP contribution is -2.50. The molecule has 9 nitrogen and oxygen atoms in total. The number of amides is 1. The number of aromatic nitrogens is 2. The highest BCUT2D eigenvalue weighted by Gasteiger charge is 2.32. The number of anilines is 2. The molecule has 0 spiro atoms. The summed E-state index contributed by atoms with van der Waals surface area (Å²) in [6.45, 7) is 7.36. The second kappa shape index (κ2) is 8.26. The predicted molar refractivity (Wildman–Crippen MR) is 128 cm³/mol. The average Bonchev–Trinajstić information content (AvgIpc) is 3.12. The molecule has 0 bridgehead atoms. The zero-order chi connectivity index (χ0) is 24.0. The van der Waals surface area contributed by atoms with E-state index in [-0.39, 0.29) is 17.0 Å². The van der Waals surface area contributed by atoms with Gasteiger partial charge in [-0.3, -0.25) is 0 Å². The van der Waals surface area contributed by atoms with Crippen LogP contribution in [0.5, 0.6) is 0 Å². The lowest BCUT2D eigenvalue weighted by molar-refractivity contribution is 0.0475. The smallest absolute Gasteiger partial charge is 0.407 e. The van der Waals surface area contributed by atoms with Crippen LogP contribution in [0.3, 0.4) is 0 Å². The van der Waals surface area contributed by atoms with Crippen LogP contribution >= 0.6 is 0 Å². The molecule has 3 aromatic rings. The Bertz CT molecular complexity index is 1290. The molecule has 1 aliphatic carbocycles. The van der Waals surface area contributed by atoms with Crippen LogP contribution in [0.1, 0.15) is 39.2 Å². The van der Waals surface area contributed by atoms with E-state index in [2.05, 4.69) is 15.6 Å². The molecule has 1 saturated carbocycles. The van der Waals surface area contributed by atoms with Gasteiger partial charge in [-0.15, -0.1) is 0 Å². The number of benzene rings is 1. The van der Waals surface area contributed by atoms with Gasteiger partial charge >= 0.3 is 6.09 Å². The summed E-state index contributed by atoms with van der Waals surface area (Å²) in [4.78, 5) is 16.4. The molecular formula is C23H29N5O4S. The summed E-state index contributed by atoms with van der Waals surface area (Å²) >= 11 is 0. The summed E-state index contributed by atoms with van der Waals surface area (Å²) < 4.78 is 32.8. The number of aryl methyl sites for hydroxylation is 1. The van der Waals surface area contributed by atoms with Crippen molar-refractivity contribution in [1.29, 1.82) is 0 Å². The lowest BCUT2D eigenvalue weighted by Gasteiger charge is -2.37. The minimum atomic E-state index is -3.80. The van der Waals surface area contributed by atoms with Crippen molar-refractivity contribution in [1.82, 2.24) is 14.3 Å². The van der Waals surface area contributed by atoms with E-state index in [0.29, 0.717) is 35.2 Å². The van der Waals surface area contributed by atoms with Gasteiger partial charge in [0.1, 0.15) is 5.60 Å². The molecule has 2 heterocycles. The molecule has 176 valence electrons. The van der Waals surface area contributed by atoms with Gasteiger partial charge in [-0.25, -0.2) is 22.2 Å². The molecule has 33 heavy (non-hydrogen) atoms. The number of hydrogen-bond acceptors (Lipinski definition) is 7. The fourth-order valence-electron chi connectivity index (χ4n) is 3.79. The Hall–Kier alpha value is -3.27. The van der Waals surface area contributed by atoms with Crippen molar-refractivity contribution in [3.8, 4) is 0 Å². The fraction of sp³-hybridized carbons (Fsp3) is 0.391. The monoisotopic (exact) mass is 471 g/mol. The summed E-state index contributed by atoms with van der Waals surface area (Å²) in [6, 6.07) is 8.46. The first kappa shape index (κ1) is 22.9. The lowest BCUT2D eigenvalue weighted by atomic mass is 9.86. The van der Waals surface area contributed by atoms with E-state index in [1.165, 1.54) is 16.4 Å². The van der Waals surface area contributed by atoms with Crippen molar-refractivity contribution >= 4 is 38.5 Å². The van der Waals surface area contributed by atoms with Crippen LogP contribution in [0.25, 0.3) is 11.0 Å². The molecule has 1 aliphatic rings. The number of nitrogens with zero attached hydrogens (tertiary/aromatic N) is 2. The largest absolute Gasteiger partial charge is 0.444 e. The Morgan fingerprint density at radius 1 is 1.15 bits per heavy atom. The number of alkyl carbamates (subject to hydrolysis) is 1. The number of nitrogens with one attached hydrogen (secondary N) is 2. The molecular weight excluding hydrogens is 442 g/mol. The number of nitrogen functional groups attached to an aromatic ring is 1. The minimum Gasteiger partial charge on any atom is -0.444 e. The van der Waals surface area contributed by atoms with Crippen LogP contribution in [0, 0.1) is 6.92 Å². The van der Waals surface area contributed by atoms with Gasteiger partial charge in [-0.1, -0.05) is 17.7 Å². The zero-order valence-corrected chi connectivity index (χ0v) is 19.9. The van der Waals surface area contributed by atoms with Gasteiger partial charge < -0.3 is 21.1 Å². The van der Waals surface area contributed by atoms with Gasteiger partial charge in [0.15, 0.2) is 5.65 Å². The second-order valence-electron chi connectivity index (χ2n) is 9.41. The van der Waals surface area contributed by atoms with Crippen LogP contribution < -0.4 is 16.4 Å². The van der Waals surface area contributed by atoms with Crippen LogP contribution in [-0.4, -0.2) is 41.2 Å². The second-order valence-corrected chi connectivity index (χ2v) is 11.2. The van der Waals surface area contributed by atoms with E-state index in [1.807, 2.05) is 27.7 Å². The van der Waals surface area contributed by atoms with E-state index in [9.17, 15) is 13.2 Å². The quantitative estimate of drug-likeness (QED) is 0.518. The number of pyridine rings is 1. The summed E-state index contributed by atoms with van der Waals surface area (Å²) in [5, 5.41) is 6.87. The molecule has 1 fully saturated rings. The number of hydrogen-bond donors (Lipinski definition) is 3. The van der Waals surface area contributed by atoms with Crippen LogP contribution in [-0.2, 0) is 14.8 Å². The molecule has 0 unspecified atom stereocenters. The Kier molecular flexibility index (Phi) is 5.73. The summed E-state index contributed by atoms with van der Waals surface area (Å²) in [6.07, 6.45) is 3.91. The normalized spacial score (nSPS) is 18.5. The molecule has 1 aromatic carbocycles. The van der Waals surface area contributed by atoms with Crippen LogP contribution in [0.15, 0.2) is 47.6 Å². The third kappa shape index (κ3) is 4.75. The maximum absolute atomic E-state index is 13.2. The average molecular weight is 472 g/mol. The highest BCUT2D eigenvalue weighted by molar-refractivity contribution is 7.90. The highest BCUT2D eigenvalue weighted by Crippen LogP contribution is 2.34. The van der Waals surface area contributed by atoms with E-state index >= 15 is 0 Å². The Labute approximate surface area is 193 Å². The Balaban J connectivity index is 1.51. The number of nitrogens with two attached hydrogens (primary N) is 1. The first-order valence-corrected chi connectivity index (χ1v) is 12.2. The van der Waals surface area contributed by atoms with Crippen molar-refractivity contribution < 1.29 is 17.9 Å². The maximum Gasteiger partial charge on any atom is 0.407 e. The van der Waals surface area contributed by atoms with Crippen molar-refractivity contribution in [2.24, 2.45) is 0 Å². The van der Waals surface area contributed by atoms with Crippen molar-refractivity contribution in [3.05, 3.63) is 48.3 Å². The van der Waals surface area contributed by atoms with Gasteiger partial charge in [0.25, 0.3) is 10.0 Å². The van der Waals surface area contributed by atoms with Crippen molar-refractivity contribution in [3.63, 3.8) is 0 Å². The van der Waals surface area contributed by atoms with Gasteiger partial charge in [0.2, 0.25) is 0 Å². The van der Waals surface area contributed by atoms with Gasteiger partial charge in [-0.05, 0) is 58.7 Å². The Morgan fingerprint density at radius 2 is 1.82 bits per heavy atom. The van der Waals surface area contributed by atoms with E-state index in [0.717, 1.165) is 5.56 Å². The number of rotatable bonds is 5. The number of fused-ring (bicyclic) bond motifs is 1. The number of ether oxygens (including phenoxy) is 1. The summed E-state index contributed by atoms with van der Waals surface area (Å²) in [7, 11) is -3.80. The third-order valence-electron chi connectivity index (χ3n) is 5.50. The Morgan fingerprint density at radius 3 is 2.45 bits per heavy atom. The van der Waals surface area contributed by atoms with Crippen molar-refractivity contribution in [2.45, 2.75) is 63.1 Å². The first-order chi connectivity index (χ1) is 15.4. The molecule has 0 saturated heterocycles.